The second-order valence-corrected chi connectivity index (χ2v) is 4.13. The zero-order valence-corrected chi connectivity index (χ0v) is 13.4. The number of pyridine rings is 1. The molecule has 19 heavy (non-hydrogen) atoms. The minimum absolute atomic E-state index is 0. The number of rotatable bonds is 4. The van der Waals surface area contributed by atoms with Crippen LogP contribution in [-0.4, -0.2) is 6.61 Å². The second-order valence-electron chi connectivity index (χ2n) is 4.13. The minimum atomic E-state index is 0. The Kier molecular flexibility index (Phi) is 6.56. The molecule has 0 aliphatic carbocycles. The van der Waals surface area contributed by atoms with E-state index in [1.807, 2.05) is 43.1 Å². The average Bonchev–Trinajstić information content (AvgIpc) is 2.40. The van der Waals surface area contributed by atoms with Crippen molar-refractivity contribution >= 4 is 12.2 Å². The fraction of sp³-hybridized carbons (Fsp3) is 0.188. The van der Waals surface area contributed by atoms with Crippen molar-refractivity contribution in [3.05, 3.63) is 59.9 Å². The average molecular weight is 367 g/mol. The van der Waals surface area contributed by atoms with Gasteiger partial charge in [-0.1, -0.05) is 24.3 Å². The molecule has 1 aromatic carbocycles. The largest absolute Gasteiger partial charge is 1.00 e. The molecular formula is C16H18INO. The second kappa shape index (κ2) is 7.94. The molecule has 2 nitrogen and oxygen atoms in total. The summed E-state index contributed by atoms with van der Waals surface area (Å²) in [7, 11) is 2.01. The van der Waals surface area contributed by atoms with Crippen molar-refractivity contribution in [2.24, 2.45) is 7.05 Å². The molecule has 0 N–H and O–H groups in total. The lowest BCUT2D eigenvalue weighted by Gasteiger charge is -2.02. The Bertz CT molecular complexity index is 517. The third-order valence-corrected chi connectivity index (χ3v) is 2.66. The fourth-order valence-electron chi connectivity index (χ4n) is 1.66. The van der Waals surface area contributed by atoms with E-state index in [0.29, 0.717) is 6.61 Å². The summed E-state index contributed by atoms with van der Waals surface area (Å²) in [6, 6.07) is 12.3. The summed E-state index contributed by atoms with van der Waals surface area (Å²) in [4.78, 5) is 0. The highest BCUT2D eigenvalue weighted by atomic mass is 127. The van der Waals surface area contributed by atoms with Crippen LogP contribution in [0.1, 0.15) is 18.1 Å². The number of hydrogen-bond acceptors (Lipinski definition) is 1. The van der Waals surface area contributed by atoms with E-state index in [-0.39, 0.29) is 24.0 Å². The lowest BCUT2D eigenvalue weighted by molar-refractivity contribution is -0.671. The van der Waals surface area contributed by atoms with E-state index >= 15 is 0 Å². The lowest BCUT2D eigenvalue weighted by atomic mass is 10.1. The molecule has 0 radical (unpaired) electrons. The van der Waals surface area contributed by atoms with Gasteiger partial charge in [0.1, 0.15) is 12.8 Å². The van der Waals surface area contributed by atoms with E-state index in [1.54, 1.807) is 0 Å². The maximum absolute atomic E-state index is 5.41. The van der Waals surface area contributed by atoms with Crippen LogP contribution < -0.4 is 33.3 Å². The quantitative estimate of drug-likeness (QED) is 0.552. The first kappa shape index (κ1) is 15.7. The number of aryl methyl sites for hydroxylation is 1. The topological polar surface area (TPSA) is 13.1 Å². The van der Waals surface area contributed by atoms with Gasteiger partial charge >= 0.3 is 0 Å². The smallest absolute Gasteiger partial charge is 0.169 e. The van der Waals surface area contributed by atoms with Crippen LogP contribution in [-0.2, 0) is 7.05 Å². The normalized spacial score (nSPS) is 10.2. The molecule has 0 bridgehead atoms. The van der Waals surface area contributed by atoms with Gasteiger partial charge in [-0.2, -0.15) is 0 Å². The highest BCUT2D eigenvalue weighted by molar-refractivity contribution is 5.69. The lowest BCUT2D eigenvalue weighted by Crippen LogP contribution is -3.00. The molecule has 0 aliphatic heterocycles. The highest BCUT2D eigenvalue weighted by Crippen LogP contribution is 2.14. The van der Waals surface area contributed by atoms with Crippen molar-refractivity contribution in [2.75, 3.05) is 6.61 Å². The zero-order chi connectivity index (χ0) is 12.8. The number of ether oxygens (including phenoxy) is 1. The predicted octanol–water partition coefficient (Wildman–Crippen LogP) is 0.0842. The van der Waals surface area contributed by atoms with Gasteiger partial charge in [0.2, 0.25) is 0 Å². The molecule has 0 aliphatic rings. The number of hydrogen-bond donors (Lipinski definition) is 0. The standard InChI is InChI=1S/C16H18NO.HI/c1-3-18-16-8-6-14(7-9-16)4-5-15-10-12-17(2)13-11-15;/h4-13H,3H2,1-2H3;1H/q+1;/p-1/b5-4+;. The van der Waals surface area contributed by atoms with E-state index < -0.39 is 0 Å². The molecule has 100 valence electrons. The van der Waals surface area contributed by atoms with Gasteiger partial charge in [-0.05, 0) is 30.2 Å². The molecule has 0 unspecified atom stereocenters. The summed E-state index contributed by atoms with van der Waals surface area (Å²) in [6.07, 6.45) is 8.29. The van der Waals surface area contributed by atoms with Gasteiger partial charge in [-0.25, -0.2) is 4.57 Å². The number of aromatic nitrogens is 1. The van der Waals surface area contributed by atoms with Crippen LogP contribution in [0.15, 0.2) is 48.8 Å². The Labute approximate surface area is 131 Å². The van der Waals surface area contributed by atoms with Crippen LogP contribution in [0.3, 0.4) is 0 Å². The summed E-state index contributed by atoms with van der Waals surface area (Å²) in [5, 5.41) is 0. The number of benzene rings is 1. The van der Waals surface area contributed by atoms with Gasteiger partial charge in [0.15, 0.2) is 12.4 Å². The van der Waals surface area contributed by atoms with Crippen LogP contribution in [0.4, 0.5) is 0 Å². The molecule has 2 aromatic rings. The first-order valence-corrected chi connectivity index (χ1v) is 6.14. The third-order valence-electron chi connectivity index (χ3n) is 2.66. The van der Waals surface area contributed by atoms with Crippen molar-refractivity contribution in [1.29, 1.82) is 0 Å². The van der Waals surface area contributed by atoms with E-state index in [2.05, 4.69) is 36.4 Å². The van der Waals surface area contributed by atoms with Crippen molar-refractivity contribution < 1.29 is 33.3 Å². The van der Waals surface area contributed by atoms with Gasteiger partial charge in [-0.3, -0.25) is 0 Å². The summed E-state index contributed by atoms with van der Waals surface area (Å²) >= 11 is 0. The molecule has 0 spiro atoms. The van der Waals surface area contributed by atoms with Crippen molar-refractivity contribution in [3.8, 4) is 5.75 Å². The van der Waals surface area contributed by atoms with E-state index in [0.717, 1.165) is 5.75 Å². The molecule has 1 heterocycles. The Morgan fingerprint density at radius 1 is 0.947 bits per heavy atom. The summed E-state index contributed by atoms with van der Waals surface area (Å²) < 4.78 is 7.43. The van der Waals surface area contributed by atoms with Gasteiger partial charge in [0.05, 0.1) is 6.61 Å². The molecular weight excluding hydrogens is 349 g/mol. The molecule has 0 amide bonds. The number of halogens is 1. The maximum Gasteiger partial charge on any atom is 0.169 e. The fourth-order valence-corrected chi connectivity index (χ4v) is 1.66. The summed E-state index contributed by atoms with van der Waals surface area (Å²) in [5.74, 6) is 0.918. The Morgan fingerprint density at radius 3 is 2.00 bits per heavy atom. The van der Waals surface area contributed by atoms with Crippen molar-refractivity contribution in [2.45, 2.75) is 6.92 Å². The van der Waals surface area contributed by atoms with E-state index in [1.165, 1.54) is 11.1 Å². The molecule has 0 saturated carbocycles. The monoisotopic (exact) mass is 367 g/mol. The number of nitrogens with zero attached hydrogens (tertiary/aromatic N) is 1. The first-order chi connectivity index (χ1) is 8.78. The van der Waals surface area contributed by atoms with Crippen LogP contribution in [0.25, 0.3) is 12.2 Å². The summed E-state index contributed by atoms with van der Waals surface area (Å²) in [6.45, 7) is 2.69. The molecule has 0 saturated heterocycles. The molecule has 0 fully saturated rings. The Morgan fingerprint density at radius 2 is 1.47 bits per heavy atom. The van der Waals surface area contributed by atoms with Crippen molar-refractivity contribution in [3.63, 3.8) is 0 Å². The minimum Gasteiger partial charge on any atom is -1.00 e. The predicted molar refractivity (Wildman–Crippen MR) is 74.2 cm³/mol. The maximum atomic E-state index is 5.41. The summed E-state index contributed by atoms with van der Waals surface area (Å²) in [5.41, 5.74) is 2.37. The molecule has 2 rings (SSSR count). The highest BCUT2D eigenvalue weighted by Gasteiger charge is 1.93. The van der Waals surface area contributed by atoms with Crippen LogP contribution in [0.5, 0.6) is 5.75 Å². The van der Waals surface area contributed by atoms with E-state index in [4.69, 9.17) is 4.74 Å². The van der Waals surface area contributed by atoms with E-state index in [9.17, 15) is 0 Å². The van der Waals surface area contributed by atoms with Crippen LogP contribution in [0.2, 0.25) is 0 Å². The van der Waals surface area contributed by atoms with Crippen molar-refractivity contribution in [1.82, 2.24) is 0 Å². The molecule has 3 heteroatoms. The Balaban J connectivity index is 0.00000180. The van der Waals surface area contributed by atoms with Crippen LogP contribution in [0, 0.1) is 0 Å². The molecule has 0 atom stereocenters. The molecule has 1 aromatic heterocycles. The van der Waals surface area contributed by atoms with Crippen LogP contribution >= 0.6 is 0 Å². The van der Waals surface area contributed by atoms with Gasteiger partial charge in [-0.15, -0.1) is 0 Å². The Hall–Kier alpha value is -1.36. The zero-order valence-electron chi connectivity index (χ0n) is 11.2. The van der Waals surface area contributed by atoms with Gasteiger partial charge < -0.3 is 28.7 Å². The first-order valence-electron chi connectivity index (χ1n) is 6.14. The van der Waals surface area contributed by atoms with Gasteiger partial charge in [0, 0.05) is 12.1 Å². The third kappa shape index (κ3) is 5.03. The SMILES string of the molecule is CCOc1ccc(/C=C/c2cc[n+](C)cc2)cc1.[I-]. The van der Waals surface area contributed by atoms with Gasteiger partial charge in [0.25, 0.3) is 0 Å².